The Bertz CT molecular complexity index is 1000. The van der Waals surface area contributed by atoms with E-state index in [0.29, 0.717) is 24.7 Å². The zero-order valence-electron chi connectivity index (χ0n) is 17.4. The summed E-state index contributed by atoms with van der Waals surface area (Å²) in [6.07, 6.45) is 5.56. The molecular formula is C23H27ClN4O2. The van der Waals surface area contributed by atoms with Gasteiger partial charge < -0.3 is 15.0 Å². The van der Waals surface area contributed by atoms with E-state index in [-0.39, 0.29) is 11.9 Å². The maximum absolute atomic E-state index is 12.0. The minimum atomic E-state index is 0.0780. The number of allylic oxidation sites excluding steroid dienone is 3. The number of nitrogens with one attached hydrogen (secondary N) is 1. The van der Waals surface area contributed by atoms with Crippen molar-refractivity contribution in [2.75, 3.05) is 25.1 Å². The molecule has 2 aromatic rings. The molecule has 1 atom stereocenters. The van der Waals surface area contributed by atoms with Crippen molar-refractivity contribution in [2.24, 2.45) is 0 Å². The van der Waals surface area contributed by atoms with Gasteiger partial charge in [-0.05, 0) is 36.6 Å². The summed E-state index contributed by atoms with van der Waals surface area (Å²) >= 11 is 6.59. The van der Waals surface area contributed by atoms with Crippen LogP contribution in [0.15, 0.2) is 36.9 Å². The lowest BCUT2D eigenvalue weighted by atomic mass is 10.0. The molecule has 1 aromatic heterocycles. The molecule has 30 heavy (non-hydrogen) atoms. The predicted octanol–water partition coefficient (Wildman–Crippen LogP) is 4.74. The molecule has 0 saturated carbocycles. The van der Waals surface area contributed by atoms with E-state index < -0.39 is 0 Å². The minimum Gasteiger partial charge on any atom is -0.379 e. The number of carbonyl (C=O) groups is 1. The highest BCUT2D eigenvalue weighted by atomic mass is 35.5. The molecule has 3 heterocycles. The largest absolute Gasteiger partial charge is 0.379 e. The summed E-state index contributed by atoms with van der Waals surface area (Å²) in [6, 6.07) is 6.14. The van der Waals surface area contributed by atoms with Crippen molar-refractivity contribution in [3.05, 3.63) is 58.8 Å². The van der Waals surface area contributed by atoms with E-state index in [4.69, 9.17) is 21.4 Å². The first-order valence-corrected chi connectivity index (χ1v) is 10.7. The number of fused-ring (bicyclic) bond motifs is 1. The van der Waals surface area contributed by atoms with Gasteiger partial charge in [-0.25, -0.2) is 0 Å². The fourth-order valence-corrected chi connectivity index (χ4v) is 4.39. The van der Waals surface area contributed by atoms with Gasteiger partial charge in [-0.3, -0.25) is 9.48 Å². The van der Waals surface area contributed by atoms with Gasteiger partial charge >= 0.3 is 0 Å². The molecule has 1 fully saturated rings. The van der Waals surface area contributed by atoms with Crippen LogP contribution < -0.4 is 5.32 Å². The Kier molecular flexibility index (Phi) is 5.97. The maximum Gasteiger partial charge on any atom is 0.219 e. The topological polar surface area (TPSA) is 59.4 Å². The van der Waals surface area contributed by atoms with Gasteiger partial charge in [0.25, 0.3) is 0 Å². The number of anilines is 2. The molecule has 1 N–H and O–H groups in total. The van der Waals surface area contributed by atoms with Crippen LogP contribution in [0.4, 0.5) is 11.5 Å². The van der Waals surface area contributed by atoms with Crippen LogP contribution in [0.2, 0.25) is 5.02 Å². The first-order chi connectivity index (χ1) is 14.5. The number of carbonyl (C=O) groups excluding carboxylic acids is 1. The smallest absolute Gasteiger partial charge is 0.219 e. The Balaban J connectivity index is 1.69. The molecular weight excluding hydrogens is 400 g/mol. The molecule has 0 aliphatic carbocycles. The zero-order chi connectivity index (χ0) is 21.3. The van der Waals surface area contributed by atoms with Crippen LogP contribution in [-0.4, -0.2) is 40.3 Å². The summed E-state index contributed by atoms with van der Waals surface area (Å²) in [5.74, 6) is 0.835. The van der Waals surface area contributed by atoms with Crippen LogP contribution in [-0.2, 0) is 22.5 Å². The molecule has 1 amide bonds. The molecule has 2 aliphatic heterocycles. The number of nitrogens with zero attached hydrogens (tertiary/aromatic N) is 3. The van der Waals surface area contributed by atoms with Gasteiger partial charge in [-0.15, -0.1) is 0 Å². The lowest BCUT2D eigenvalue weighted by molar-refractivity contribution is -0.129. The van der Waals surface area contributed by atoms with E-state index >= 15 is 0 Å². The monoisotopic (exact) mass is 426 g/mol. The van der Waals surface area contributed by atoms with Crippen molar-refractivity contribution in [3.63, 3.8) is 0 Å². The summed E-state index contributed by atoms with van der Waals surface area (Å²) in [6.45, 7) is 10.1. The Hall–Kier alpha value is -2.57. The highest BCUT2D eigenvalue weighted by Gasteiger charge is 2.30. The third-order valence-corrected chi connectivity index (χ3v) is 6.18. The normalized spacial score (nSPS) is 19.0. The Morgan fingerprint density at radius 1 is 1.43 bits per heavy atom. The van der Waals surface area contributed by atoms with E-state index in [0.717, 1.165) is 47.7 Å². The second kappa shape index (κ2) is 8.66. The van der Waals surface area contributed by atoms with Crippen LogP contribution in [0.5, 0.6) is 0 Å². The minimum absolute atomic E-state index is 0.0780. The quantitative estimate of drug-likeness (QED) is 0.702. The highest BCUT2D eigenvalue weighted by Crippen LogP contribution is 2.35. The summed E-state index contributed by atoms with van der Waals surface area (Å²) in [5, 5.41) is 8.92. The molecule has 4 rings (SSSR count). The molecule has 1 saturated heterocycles. The van der Waals surface area contributed by atoms with Crippen molar-refractivity contribution < 1.29 is 9.53 Å². The molecule has 2 aliphatic rings. The first kappa shape index (κ1) is 20.7. The third kappa shape index (κ3) is 3.89. The van der Waals surface area contributed by atoms with Gasteiger partial charge in [0.1, 0.15) is 0 Å². The fourth-order valence-electron chi connectivity index (χ4n) is 4.16. The molecule has 158 valence electrons. The van der Waals surface area contributed by atoms with Gasteiger partial charge in [-0.1, -0.05) is 36.4 Å². The van der Waals surface area contributed by atoms with E-state index in [9.17, 15) is 4.79 Å². The molecule has 0 bridgehead atoms. The SMILES string of the molecule is C=C/C(=C\C)c1ccc(Nc2nn(C3CCOC3)c3c2CN(C(C)=O)CC3)c(Cl)c1. The summed E-state index contributed by atoms with van der Waals surface area (Å²) < 4.78 is 7.68. The second-order valence-electron chi connectivity index (χ2n) is 7.69. The summed E-state index contributed by atoms with van der Waals surface area (Å²) in [7, 11) is 0. The number of hydrogen-bond donors (Lipinski definition) is 1. The van der Waals surface area contributed by atoms with Gasteiger partial charge in [-0.2, -0.15) is 5.10 Å². The summed E-state index contributed by atoms with van der Waals surface area (Å²) in [4.78, 5) is 13.8. The second-order valence-corrected chi connectivity index (χ2v) is 8.10. The number of aromatic nitrogens is 2. The van der Waals surface area contributed by atoms with Gasteiger partial charge in [0.05, 0.1) is 29.9 Å². The molecule has 1 aromatic carbocycles. The standard InChI is InChI=1S/C23H27ClN4O2/c1-4-16(5-2)17-6-7-21(20(24)12-17)25-23-19-13-27(15(3)29)10-8-22(19)28(26-23)18-9-11-30-14-18/h4-7,12,18H,1,8-11,13-14H2,2-3H3,(H,25,26)/b16-5+. The van der Waals surface area contributed by atoms with Crippen molar-refractivity contribution in [1.82, 2.24) is 14.7 Å². The van der Waals surface area contributed by atoms with E-state index in [1.807, 2.05) is 42.2 Å². The van der Waals surface area contributed by atoms with E-state index in [1.54, 1.807) is 6.92 Å². The van der Waals surface area contributed by atoms with Crippen LogP contribution in [0.1, 0.15) is 43.1 Å². The average Bonchev–Trinajstić information content (AvgIpc) is 3.38. The molecule has 6 nitrogen and oxygen atoms in total. The van der Waals surface area contributed by atoms with Crippen molar-refractivity contribution in [3.8, 4) is 0 Å². The number of rotatable bonds is 5. The highest BCUT2D eigenvalue weighted by molar-refractivity contribution is 6.33. The van der Waals surface area contributed by atoms with Gasteiger partial charge in [0.2, 0.25) is 5.91 Å². The van der Waals surface area contributed by atoms with Crippen molar-refractivity contribution in [1.29, 1.82) is 0 Å². The average molecular weight is 427 g/mol. The lowest BCUT2D eigenvalue weighted by Crippen LogP contribution is -2.35. The van der Waals surface area contributed by atoms with E-state index in [2.05, 4.69) is 16.6 Å². The molecule has 0 radical (unpaired) electrons. The number of benzene rings is 1. The number of hydrogen-bond acceptors (Lipinski definition) is 4. The number of halogens is 1. The molecule has 0 spiro atoms. The predicted molar refractivity (Wildman–Crippen MR) is 120 cm³/mol. The van der Waals surface area contributed by atoms with E-state index in [1.165, 1.54) is 5.69 Å². The van der Waals surface area contributed by atoms with Crippen LogP contribution in [0.3, 0.4) is 0 Å². The zero-order valence-corrected chi connectivity index (χ0v) is 18.2. The Morgan fingerprint density at radius 3 is 2.90 bits per heavy atom. The third-order valence-electron chi connectivity index (χ3n) is 5.87. The van der Waals surface area contributed by atoms with Crippen LogP contribution >= 0.6 is 11.6 Å². The lowest BCUT2D eigenvalue weighted by Gasteiger charge is -2.27. The van der Waals surface area contributed by atoms with Gasteiger partial charge in [0.15, 0.2) is 5.82 Å². The summed E-state index contributed by atoms with van der Waals surface area (Å²) in [5.41, 5.74) is 5.07. The fraction of sp³-hybridized carbons (Fsp3) is 0.391. The van der Waals surface area contributed by atoms with Crippen LogP contribution in [0.25, 0.3) is 5.57 Å². The van der Waals surface area contributed by atoms with Gasteiger partial charge in [0, 0.05) is 37.8 Å². The molecule has 7 heteroatoms. The Morgan fingerprint density at radius 2 is 2.27 bits per heavy atom. The Labute approximate surface area is 182 Å². The van der Waals surface area contributed by atoms with Crippen LogP contribution in [0, 0.1) is 0 Å². The number of amides is 1. The van der Waals surface area contributed by atoms with Crippen molar-refractivity contribution in [2.45, 2.75) is 39.3 Å². The first-order valence-electron chi connectivity index (χ1n) is 10.3. The maximum atomic E-state index is 12.0. The van der Waals surface area contributed by atoms with Crippen molar-refractivity contribution >= 4 is 34.6 Å². The number of ether oxygens (including phenoxy) is 1. The molecule has 1 unspecified atom stereocenters.